The Kier molecular flexibility index (Phi) is 3.91. The van der Waals surface area contributed by atoms with Crippen molar-refractivity contribution in [3.63, 3.8) is 0 Å². The molecule has 1 aliphatic carbocycles. The summed E-state index contributed by atoms with van der Waals surface area (Å²) < 4.78 is 0. The lowest BCUT2D eigenvalue weighted by atomic mass is 9.98. The van der Waals surface area contributed by atoms with Gasteiger partial charge in [-0.2, -0.15) is 0 Å². The standard InChI is InChI=1S/C17H22N2O3/c1-18(10-15(20)11-3-4-11)17(22)13-5-7-14-12(9-13)6-8-16(21)19(14)2/h5,7,9,11,15,20H,3-4,6,8,10H2,1-2H3/t15-/m1/s1. The molecular weight excluding hydrogens is 280 g/mol. The van der Waals surface area contributed by atoms with Crippen molar-refractivity contribution in [1.82, 2.24) is 4.90 Å². The number of anilines is 1. The maximum Gasteiger partial charge on any atom is 0.253 e. The Labute approximate surface area is 130 Å². The van der Waals surface area contributed by atoms with Crippen LogP contribution in [0.4, 0.5) is 5.69 Å². The molecule has 118 valence electrons. The van der Waals surface area contributed by atoms with Gasteiger partial charge in [0.15, 0.2) is 0 Å². The minimum atomic E-state index is -0.421. The number of benzene rings is 1. The van der Waals surface area contributed by atoms with Crippen molar-refractivity contribution in [2.45, 2.75) is 31.8 Å². The molecule has 3 rings (SSSR count). The number of aliphatic hydroxyl groups excluding tert-OH is 1. The summed E-state index contributed by atoms with van der Waals surface area (Å²) in [6.07, 6.45) is 2.85. The van der Waals surface area contributed by atoms with Crippen LogP contribution in [0.3, 0.4) is 0 Å². The third-order valence-electron chi connectivity index (χ3n) is 4.64. The van der Waals surface area contributed by atoms with Gasteiger partial charge < -0.3 is 14.9 Å². The molecule has 1 aromatic carbocycles. The van der Waals surface area contributed by atoms with Crippen LogP contribution in [0.15, 0.2) is 18.2 Å². The van der Waals surface area contributed by atoms with Crippen LogP contribution in [0.2, 0.25) is 0 Å². The lowest BCUT2D eigenvalue weighted by Gasteiger charge is -2.27. The van der Waals surface area contributed by atoms with Crippen molar-refractivity contribution in [2.75, 3.05) is 25.5 Å². The molecule has 1 aliphatic heterocycles. The quantitative estimate of drug-likeness (QED) is 0.915. The van der Waals surface area contributed by atoms with Crippen molar-refractivity contribution in [2.24, 2.45) is 5.92 Å². The first kappa shape index (κ1) is 15.0. The summed E-state index contributed by atoms with van der Waals surface area (Å²) in [5, 5.41) is 9.97. The number of rotatable bonds is 4. The van der Waals surface area contributed by atoms with Crippen LogP contribution >= 0.6 is 0 Å². The monoisotopic (exact) mass is 302 g/mol. The minimum Gasteiger partial charge on any atom is -0.391 e. The summed E-state index contributed by atoms with van der Waals surface area (Å²) in [6.45, 7) is 0.374. The van der Waals surface area contributed by atoms with E-state index < -0.39 is 6.10 Å². The van der Waals surface area contributed by atoms with Crippen molar-refractivity contribution < 1.29 is 14.7 Å². The van der Waals surface area contributed by atoms with Gasteiger partial charge in [-0.3, -0.25) is 9.59 Å². The number of hydrogen-bond acceptors (Lipinski definition) is 3. The average molecular weight is 302 g/mol. The van der Waals surface area contributed by atoms with Gasteiger partial charge in [0.05, 0.1) is 6.10 Å². The van der Waals surface area contributed by atoms with E-state index >= 15 is 0 Å². The lowest BCUT2D eigenvalue weighted by molar-refractivity contribution is -0.118. The van der Waals surface area contributed by atoms with Gasteiger partial charge in [0.2, 0.25) is 5.91 Å². The third-order valence-corrected chi connectivity index (χ3v) is 4.64. The molecule has 0 spiro atoms. The third kappa shape index (κ3) is 2.86. The second-order valence-electron chi connectivity index (χ2n) is 6.39. The zero-order chi connectivity index (χ0) is 15.9. The van der Waals surface area contributed by atoms with Gasteiger partial charge in [-0.25, -0.2) is 0 Å². The Morgan fingerprint density at radius 1 is 1.41 bits per heavy atom. The molecular formula is C17H22N2O3. The molecule has 1 heterocycles. The predicted octanol–water partition coefficient (Wildman–Crippen LogP) is 1.44. The first-order chi connectivity index (χ1) is 10.5. The first-order valence-corrected chi connectivity index (χ1v) is 7.80. The SMILES string of the molecule is CN(C[C@@H](O)C1CC1)C(=O)c1ccc2c(c1)CCC(=O)N2C. The van der Waals surface area contributed by atoms with Crippen LogP contribution in [0.5, 0.6) is 0 Å². The Balaban J connectivity index is 1.74. The lowest BCUT2D eigenvalue weighted by Crippen LogP contribution is -2.35. The van der Waals surface area contributed by atoms with E-state index in [1.165, 1.54) is 0 Å². The highest BCUT2D eigenvalue weighted by Gasteiger charge is 2.31. The van der Waals surface area contributed by atoms with Crippen molar-refractivity contribution in [3.8, 4) is 0 Å². The smallest absolute Gasteiger partial charge is 0.253 e. The Morgan fingerprint density at radius 2 is 2.14 bits per heavy atom. The van der Waals surface area contributed by atoms with Gasteiger partial charge in [0, 0.05) is 38.3 Å². The highest BCUT2D eigenvalue weighted by Crippen LogP contribution is 2.33. The summed E-state index contributed by atoms with van der Waals surface area (Å²) in [7, 11) is 3.49. The van der Waals surface area contributed by atoms with Gasteiger partial charge in [0.25, 0.3) is 5.91 Å². The fourth-order valence-corrected chi connectivity index (χ4v) is 3.00. The molecule has 1 aromatic rings. The number of aryl methyl sites for hydroxylation is 1. The van der Waals surface area contributed by atoms with E-state index in [9.17, 15) is 14.7 Å². The Morgan fingerprint density at radius 3 is 2.82 bits per heavy atom. The zero-order valence-corrected chi connectivity index (χ0v) is 13.1. The molecule has 1 N–H and O–H groups in total. The largest absolute Gasteiger partial charge is 0.391 e. The molecule has 5 heteroatoms. The van der Waals surface area contributed by atoms with E-state index in [-0.39, 0.29) is 11.8 Å². The van der Waals surface area contributed by atoms with Gasteiger partial charge in [-0.1, -0.05) is 0 Å². The van der Waals surface area contributed by atoms with Gasteiger partial charge in [-0.15, -0.1) is 0 Å². The molecule has 1 saturated carbocycles. The number of aliphatic hydroxyl groups is 1. The second-order valence-corrected chi connectivity index (χ2v) is 6.39. The average Bonchev–Trinajstić information content (AvgIpc) is 3.34. The maximum absolute atomic E-state index is 12.5. The number of carbonyl (C=O) groups is 2. The Bertz CT molecular complexity index is 610. The topological polar surface area (TPSA) is 60.9 Å². The molecule has 2 aliphatic rings. The maximum atomic E-state index is 12.5. The number of hydrogen-bond donors (Lipinski definition) is 1. The van der Waals surface area contributed by atoms with Crippen LogP contribution < -0.4 is 4.90 Å². The van der Waals surface area contributed by atoms with Crippen LogP contribution in [-0.4, -0.2) is 48.6 Å². The normalized spacial score (nSPS) is 18.9. The van der Waals surface area contributed by atoms with Gasteiger partial charge >= 0.3 is 0 Å². The van der Waals surface area contributed by atoms with E-state index in [0.29, 0.717) is 30.9 Å². The van der Waals surface area contributed by atoms with E-state index in [2.05, 4.69) is 0 Å². The van der Waals surface area contributed by atoms with Crippen LogP contribution in [0, 0.1) is 5.92 Å². The highest BCUT2D eigenvalue weighted by atomic mass is 16.3. The molecule has 0 saturated heterocycles. The molecule has 1 fully saturated rings. The number of carbonyl (C=O) groups excluding carboxylic acids is 2. The van der Waals surface area contributed by atoms with Crippen molar-refractivity contribution in [1.29, 1.82) is 0 Å². The van der Waals surface area contributed by atoms with Crippen LogP contribution in [0.1, 0.15) is 35.2 Å². The van der Waals surface area contributed by atoms with Gasteiger partial charge in [0.1, 0.15) is 0 Å². The van der Waals surface area contributed by atoms with E-state index in [0.717, 1.165) is 24.1 Å². The van der Waals surface area contributed by atoms with Crippen molar-refractivity contribution in [3.05, 3.63) is 29.3 Å². The van der Waals surface area contributed by atoms with E-state index in [1.54, 1.807) is 30.0 Å². The number of likely N-dealkylation sites (N-methyl/N-ethyl adjacent to an activating group) is 1. The summed E-state index contributed by atoms with van der Waals surface area (Å²) in [4.78, 5) is 27.4. The number of amides is 2. The van der Waals surface area contributed by atoms with E-state index in [1.807, 2.05) is 12.1 Å². The number of fused-ring (bicyclic) bond motifs is 1. The molecule has 2 amide bonds. The molecule has 1 atom stereocenters. The molecule has 0 radical (unpaired) electrons. The molecule has 0 unspecified atom stereocenters. The van der Waals surface area contributed by atoms with Crippen molar-refractivity contribution >= 4 is 17.5 Å². The first-order valence-electron chi connectivity index (χ1n) is 7.80. The van der Waals surface area contributed by atoms with Crippen LogP contribution in [0.25, 0.3) is 0 Å². The van der Waals surface area contributed by atoms with Gasteiger partial charge in [-0.05, 0) is 48.9 Å². The number of nitrogens with zero attached hydrogens (tertiary/aromatic N) is 2. The fraction of sp³-hybridized carbons (Fsp3) is 0.529. The predicted molar refractivity (Wildman–Crippen MR) is 83.9 cm³/mol. The Hall–Kier alpha value is -1.88. The van der Waals surface area contributed by atoms with E-state index in [4.69, 9.17) is 0 Å². The molecule has 0 aromatic heterocycles. The van der Waals surface area contributed by atoms with Crippen LogP contribution in [-0.2, 0) is 11.2 Å². The minimum absolute atomic E-state index is 0.0814. The summed E-state index contributed by atoms with van der Waals surface area (Å²) in [6, 6.07) is 5.47. The summed E-state index contributed by atoms with van der Waals surface area (Å²) >= 11 is 0. The fourth-order valence-electron chi connectivity index (χ4n) is 3.00. The molecule has 0 bridgehead atoms. The zero-order valence-electron chi connectivity index (χ0n) is 13.1. The highest BCUT2D eigenvalue weighted by molar-refractivity contribution is 5.98. The molecule has 5 nitrogen and oxygen atoms in total. The summed E-state index contributed by atoms with van der Waals surface area (Å²) in [5.41, 5.74) is 2.53. The molecule has 22 heavy (non-hydrogen) atoms. The summed E-state index contributed by atoms with van der Waals surface area (Å²) in [5.74, 6) is 0.386. The second kappa shape index (κ2) is 5.72.